The lowest BCUT2D eigenvalue weighted by Gasteiger charge is -2.24. The summed E-state index contributed by atoms with van der Waals surface area (Å²) in [4.78, 5) is 0.285. The molecule has 6 heteroatoms. The van der Waals surface area contributed by atoms with Gasteiger partial charge < -0.3 is 9.15 Å². The molecule has 1 unspecified atom stereocenters. The molecule has 5 nitrogen and oxygen atoms in total. The molecule has 0 amide bonds. The molecule has 1 aliphatic rings. The molecule has 150 valence electrons. The van der Waals surface area contributed by atoms with E-state index in [0.29, 0.717) is 0 Å². The Balaban J connectivity index is 1.78. The van der Waals surface area contributed by atoms with Crippen LogP contribution in [0.1, 0.15) is 28.5 Å². The van der Waals surface area contributed by atoms with Crippen LogP contribution < -0.4 is 4.74 Å². The SMILES string of the molecule is COc1ccc(C2C=C(c3occc3C)CN2S(=O)(=O)c2ccc(C)cc2)cc1. The average molecular weight is 410 g/mol. The molecular weight excluding hydrogens is 386 g/mol. The summed E-state index contributed by atoms with van der Waals surface area (Å²) in [6.07, 6.45) is 3.60. The van der Waals surface area contributed by atoms with Crippen LogP contribution in [0.25, 0.3) is 5.57 Å². The zero-order chi connectivity index (χ0) is 20.6. The third-order valence-corrected chi connectivity index (χ3v) is 7.08. The van der Waals surface area contributed by atoms with Gasteiger partial charge in [0.1, 0.15) is 11.5 Å². The van der Waals surface area contributed by atoms with Crippen molar-refractivity contribution in [2.45, 2.75) is 24.8 Å². The first-order valence-corrected chi connectivity index (χ1v) is 10.8. The normalized spacial score (nSPS) is 17.3. The van der Waals surface area contributed by atoms with E-state index in [4.69, 9.17) is 9.15 Å². The van der Waals surface area contributed by atoms with Crippen molar-refractivity contribution in [3.8, 4) is 5.75 Å². The number of furan rings is 1. The molecule has 0 spiro atoms. The van der Waals surface area contributed by atoms with Gasteiger partial charge in [-0.2, -0.15) is 4.31 Å². The average Bonchev–Trinajstić information content (AvgIpc) is 3.35. The maximum Gasteiger partial charge on any atom is 0.244 e. The highest BCUT2D eigenvalue weighted by molar-refractivity contribution is 7.89. The highest BCUT2D eigenvalue weighted by Gasteiger charge is 2.37. The van der Waals surface area contributed by atoms with Gasteiger partial charge in [0.25, 0.3) is 0 Å². The molecule has 2 aromatic carbocycles. The number of hydrogen-bond donors (Lipinski definition) is 0. The van der Waals surface area contributed by atoms with Gasteiger partial charge in [-0.05, 0) is 55.3 Å². The van der Waals surface area contributed by atoms with Gasteiger partial charge in [-0.25, -0.2) is 8.42 Å². The summed E-state index contributed by atoms with van der Waals surface area (Å²) in [7, 11) is -2.09. The number of nitrogens with zero attached hydrogens (tertiary/aromatic N) is 1. The van der Waals surface area contributed by atoms with Crippen molar-refractivity contribution < 1.29 is 17.6 Å². The molecule has 4 rings (SSSR count). The summed E-state index contributed by atoms with van der Waals surface area (Å²) in [6.45, 7) is 4.15. The van der Waals surface area contributed by atoms with E-state index in [1.165, 1.54) is 4.31 Å². The summed E-state index contributed by atoms with van der Waals surface area (Å²) < 4.78 is 39.4. The van der Waals surface area contributed by atoms with E-state index in [0.717, 1.165) is 33.8 Å². The van der Waals surface area contributed by atoms with Crippen molar-refractivity contribution >= 4 is 15.6 Å². The van der Waals surface area contributed by atoms with E-state index >= 15 is 0 Å². The highest BCUT2D eigenvalue weighted by atomic mass is 32.2. The molecule has 0 saturated heterocycles. The second-order valence-electron chi connectivity index (χ2n) is 7.21. The lowest BCUT2D eigenvalue weighted by Crippen LogP contribution is -2.31. The standard InChI is InChI=1S/C23H23NO4S/c1-16-4-10-21(11-5-16)29(25,26)24-15-19(23-17(2)12-13-28-23)14-22(24)18-6-8-20(27-3)9-7-18/h4-14,22H,15H2,1-3H3. The van der Waals surface area contributed by atoms with Gasteiger partial charge in [-0.3, -0.25) is 0 Å². The van der Waals surface area contributed by atoms with Crippen molar-refractivity contribution in [3.05, 3.63) is 89.4 Å². The van der Waals surface area contributed by atoms with Gasteiger partial charge in [0.15, 0.2) is 0 Å². The molecule has 0 fully saturated rings. The van der Waals surface area contributed by atoms with Crippen LogP contribution in [0.3, 0.4) is 0 Å². The molecule has 0 aliphatic carbocycles. The van der Waals surface area contributed by atoms with E-state index in [9.17, 15) is 8.42 Å². The summed E-state index contributed by atoms with van der Waals surface area (Å²) in [6, 6.07) is 15.9. The largest absolute Gasteiger partial charge is 0.497 e. The number of hydrogen-bond acceptors (Lipinski definition) is 4. The molecule has 0 radical (unpaired) electrons. The van der Waals surface area contributed by atoms with Gasteiger partial charge in [-0.1, -0.05) is 35.9 Å². The van der Waals surface area contributed by atoms with Gasteiger partial charge in [0, 0.05) is 12.1 Å². The molecule has 0 saturated carbocycles. The Morgan fingerprint density at radius 1 is 1.00 bits per heavy atom. The zero-order valence-electron chi connectivity index (χ0n) is 16.6. The van der Waals surface area contributed by atoms with Gasteiger partial charge >= 0.3 is 0 Å². The van der Waals surface area contributed by atoms with Crippen molar-refractivity contribution in [1.29, 1.82) is 0 Å². The molecule has 3 aromatic rings. The minimum absolute atomic E-state index is 0.251. The van der Waals surface area contributed by atoms with E-state index in [1.807, 2.05) is 62.4 Å². The van der Waals surface area contributed by atoms with Crippen LogP contribution in [0.15, 0.2) is 76.2 Å². The van der Waals surface area contributed by atoms with Crippen LogP contribution >= 0.6 is 0 Å². The Morgan fingerprint density at radius 3 is 2.28 bits per heavy atom. The zero-order valence-corrected chi connectivity index (χ0v) is 17.4. The Kier molecular flexibility index (Phi) is 5.06. The Bertz CT molecular complexity index is 1140. The molecular formula is C23H23NO4S. The molecule has 1 atom stereocenters. The third kappa shape index (κ3) is 3.61. The summed E-state index contributed by atoms with van der Waals surface area (Å²) in [5.74, 6) is 1.45. The lowest BCUT2D eigenvalue weighted by atomic mass is 10.1. The second-order valence-corrected chi connectivity index (χ2v) is 9.10. The molecule has 29 heavy (non-hydrogen) atoms. The minimum Gasteiger partial charge on any atom is -0.497 e. The van der Waals surface area contributed by atoms with Gasteiger partial charge in [-0.15, -0.1) is 0 Å². The van der Waals surface area contributed by atoms with Crippen LogP contribution in [-0.4, -0.2) is 26.4 Å². The maximum atomic E-state index is 13.5. The number of sulfonamides is 1. The van der Waals surface area contributed by atoms with Crippen LogP contribution in [0.5, 0.6) is 5.75 Å². The van der Waals surface area contributed by atoms with E-state index in [-0.39, 0.29) is 11.4 Å². The molecule has 1 aliphatic heterocycles. The number of benzene rings is 2. The Morgan fingerprint density at radius 2 is 1.69 bits per heavy atom. The van der Waals surface area contributed by atoms with Gasteiger partial charge in [0.05, 0.1) is 24.3 Å². The fraction of sp³-hybridized carbons (Fsp3) is 0.217. The lowest BCUT2D eigenvalue weighted by molar-refractivity contribution is 0.410. The number of aryl methyl sites for hydroxylation is 2. The number of methoxy groups -OCH3 is 1. The number of ether oxygens (including phenoxy) is 1. The van der Waals surface area contributed by atoms with E-state index in [1.54, 1.807) is 25.5 Å². The first kappa shape index (κ1) is 19.5. The predicted octanol–water partition coefficient (Wildman–Crippen LogP) is 4.73. The Labute approximate surface area is 171 Å². The fourth-order valence-electron chi connectivity index (χ4n) is 3.59. The van der Waals surface area contributed by atoms with Crippen LogP contribution in [0.4, 0.5) is 0 Å². The monoisotopic (exact) mass is 409 g/mol. The van der Waals surface area contributed by atoms with Crippen molar-refractivity contribution in [2.24, 2.45) is 0 Å². The topological polar surface area (TPSA) is 59.8 Å². The van der Waals surface area contributed by atoms with Crippen molar-refractivity contribution in [3.63, 3.8) is 0 Å². The van der Waals surface area contributed by atoms with E-state index < -0.39 is 16.1 Å². The molecule has 0 bridgehead atoms. The second kappa shape index (κ2) is 7.54. The molecule has 1 aromatic heterocycles. The third-order valence-electron chi connectivity index (χ3n) is 5.23. The Hall–Kier alpha value is -2.83. The summed E-state index contributed by atoms with van der Waals surface area (Å²) >= 11 is 0. The molecule has 2 heterocycles. The highest BCUT2D eigenvalue weighted by Crippen LogP contribution is 2.39. The van der Waals surface area contributed by atoms with Crippen LogP contribution in [0.2, 0.25) is 0 Å². The van der Waals surface area contributed by atoms with Crippen molar-refractivity contribution in [2.75, 3.05) is 13.7 Å². The fourth-order valence-corrected chi connectivity index (χ4v) is 5.13. The van der Waals surface area contributed by atoms with Crippen LogP contribution in [-0.2, 0) is 10.0 Å². The first-order valence-electron chi connectivity index (χ1n) is 9.38. The van der Waals surface area contributed by atoms with Crippen molar-refractivity contribution in [1.82, 2.24) is 4.31 Å². The quantitative estimate of drug-likeness (QED) is 0.611. The first-order chi connectivity index (χ1) is 13.9. The minimum atomic E-state index is -3.70. The van der Waals surface area contributed by atoms with Crippen LogP contribution in [0, 0.1) is 13.8 Å². The summed E-state index contributed by atoms with van der Waals surface area (Å²) in [5, 5.41) is 0. The van der Waals surface area contributed by atoms with E-state index in [2.05, 4.69) is 0 Å². The smallest absolute Gasteiger partial charge is 0.244 e. The molecule has 0 N–H and O–H groups in total. The van der Waals surface area contributed by atoms with Gasteiger partial charge in [0.2, 0.25) is 10.0 Å². The number of rotatable bonds is 5. The predicted molar refractivity (Wildman–Crippen MR) is 112 cm³/mol. The summed E-state index contributed by atoms with van der Waals surface area (Å²) in [5.41, 5.74) is 3.74. The maximum absolute atomic E-state index is 13.5.